The molecule has 6 nitrogen and oxygen atoms in total. The molecule has 1 aromatic heterocycles. The number of rotatable bonds is 8. The number of ether oxygens (including phenoxy) is 3. The van der Waals surface area contributed by atoms with Crippen molar-refractivity contribution in [3.8, 4) is 5.95 Å². The fraction of sp³-hybridized carbons (Fsp3) is 0.385. The predicted octanol–water partition coefficient (Wildman–Crippen LogP) is 1.95. The Hall–Kier alpha value is -2.24. The van der Waals surface area contributed by atoms with Gasteiger partial charge in [-0.15, -0.1) is 0 Å². The van der Waals surface area contributed by atoms with E-state index in [1.165, 1.54) is 13.2 Å². The van der Waals surface area contributed by atoms with E-state index in [9.17, 15) is 9.59 Å². The van der Waals surface area contributed by atoms with Crippen LogP contribution in [0.3, 0.4) is 0 Å². The summed E-state index contributed by atoms with van der Waals surface area (Å²) in [5, 5.41) is 0. The van der Waals surface area contributed by atoms with Gasteiger partial charge in [0.25, 0.3) is 5.95 Å². The van der Waals surface area contributed by atoms with Gasteiger partial charge in [0.15, 0.2) is 0 Å². The van der Waals surface area contributed by atoms with Crippen molar-refractivity contribution in [3.63, 3.8) is 0 Å². The van der Waals surface area contributed by atoms with Crippen molar-refractivity contribution in [2.75, 3.05) is 20.3 Å². The van der Waals surface area contributed by atoms with E-state index in [0.717, 1.165) is 6.08 Å². The molecule has 0 spiro atoms. The van der Waals surface area contributed by atoms with Gasteiger partial charge in [0.1, 0.15) is 0 Å². The molecule has 0 aliphatic heterocycles. The summed E-state index contributed by atoms with van der Waals surface area (Å²) in [5.74, 6) is -0.637. The first-order chi connectivity index (χ1) is 9.17. The molecule has 0 unspecified atom stereocenters. The van der Waals surface area contributed by atoms with E-state index in [1.54, 1.807) is 6.07 Å². The normalized spacial score (nSPS) is 9.74. The van der Waals surface area contributed by atoms with Gasteiger partial charge in [0.2, 0.25) is 5.76 Å². The van der Waals surface area contributed by atoms with Crippen molar-refractivity contribution < 1.29 is 28.2 Å². The second-order valence-electron chi connectivity index (χ2n) is 3.54. The summed E-state index contributed by atoms with van der Waals surface area (Å²) in [7, 11) is 1.27. The minimum absolute atomic E-state index is 0.0948. The summed E-state index contributed by atoms with van der Waals surface area (Å²) in [6.07, 6.45) is 2.48. The highest BCUT2D eigenvalue weighted by Gasteiger charge is 2.11. The van der Waals surface area contributed by atoms with Crippen LogP contribution in [0, 0.1) is 0 Å². The van der Waals surface area contributed by atoms with E-state index >= 15 is 0 Å². The van der Waals surface area contributed by atoms with E-state index in [4.69, 9.17) is 13.9 Å². The number of unbranched alkanes of at least 4 members (excludes halogenated alkanes) is 1. The quantitative estimate of drug-likeness (QED) is 0.407. The average Bonchev–Trinajstić information content (AvgIpc) is 2.90. The molecule has 1 rings (SSSR count). The molecule has 0 fully saturated rings. The van der Waals surface area contributed by atoms with Crippen LogP contribution in [0.15, 0.2) is 29.2 Å². The molecular formula is C13H16O6. The third-order valence-electron chi connectivity index (χ3n) is 2.16. The summed E-state index contributed by atoms with van der Waals surface area (Å²) in [5.41, 5.74) is 0. The number of furan rings is 1. The third kappa shape index (κ3) is 5.29. The van der Waals surface area contributed by atoms with Crippen LogP contribution in [0.25, 0.3) is 0 Å². The van der Waals surface area contributed by atoms with Gasteiger partial charge in [0.05, 0.1) is 20.3 Å². The van der Waals surface area contributed by atoms with Gasteiger partial charge < -0.3 is 18.6 Å². The lowest BCUT2D eigenvalue weighted by Crippen LogP contribution is -2.04. The Morgan fingerprint density at radius 3 is 2.74 bits per heavy atom. The van der Waals surface area contributed by atoms with Crippen LogP contribution >= 0.6 is 0 Å². The monoisotopic (exact) mass is 268 g/mol. The van der Waals surface area contributed by atoms with Gasteiger partial charge in [0, 0.05) is 12.1 Å². The SMILES string of the molecule is C=CC(=O)OCCCCOc1ccc(C(=O)OC)o1. The number of hydrogen-bond acceptors (Lipinski definition) is 6. The lowest BCUT2D eigenvalue weighted by atomic mass is 10.3. The van der Waals surface area contributed by atoms with Gasteiger partial charge in [-0.3, -0.25) is 0 Å². The summed E-state index contributed by atoms with van der Waals surface area (Å²) < 4.78 is 19.7. The molecule has 0 aliphatic rings. The highest BCUT2D eigenvalue weighted by molar-refractivity contribution is 5.86. The van der Waals surface area contributed by atoms with Gasteiger partial charge in [-0.05, 0) is 18.9 Å². The molecule has 19 heavy (non-hydrogen) atoms. The molecule has 0 aliphatic carbocycles. The number of methoxy groups -OCH3 is 1. The van der Waals surface area contributed by atoms with Crippen molar-refractivity contribution in [2.45, 2.75) is 12.8 Å². The summed E-state index contributed by atoms with van der Waals surface area (Å²) in [6, 6.07) is 3.02. The highest BCUT2D eigenvalue weighted by atomic mass is 16.6. The fourth-order valence-corrected chi connectivity index (χ4v) is 1.22. The van der Waals surface area contributed by atoms with Crippen molar-refractivity contribution >= 4 is 11.9 Å². The van der Waals surface area contributed by atoms with Crippen LogP contribution < -0.4 is 4.74 Å². The molecule has 6 heteroatoms. The first-order valence-electron chi connectivity index (χ1n) is 5.77. The Morgan fingerprint density at radius 1 is 1.32 bits per heavy atom. The van der Waals surface area contributed by atoms with Crippen LogP contribution in [0.2, 0.25) is 0 Å². The number of esters is 2. The van der Waals surface area contributed by atoms with Gasteiger partial charge >= 0.3 is 11.9 Å². The molecule has 0 radical (unpaired) electrons. The fourth-order valence-electron chi connectivity index (χ4n) is 1.22. The van der Waals surface area contributed by atoms with Crippen molar-refractivity contribution in [1.29, 1.82) is 0 Å². The van der Waals surface area contributed by atoms with Crippen LogP contribution in [-0.4, -0.2) is 32.3 Å². The molecule has 104 valence electrons. The van der Waals surface area contributed by atoms with Gasteiger partial charge in [-0.25, -0.2) is 9.59 Å². The second kappa shape index (κ2) is 7.97. The first kappa shape index (κ1) is 14.8. The smallest absolute Gasteiger partial charge is 0.374 e. The minimum Gasteiger partial charge on any atom is -0.465 e. The lowest BCUT2D eigenvalue weighted by Gasteiger charge is -2.03. The van der Waals surface area contributed by atoms with Crippen LogP contribution in [0.5, 0.6) is 5.95 Å². The maximum absolute atomic E-state index is 11.1. The molecular weight excluding hydrogens is 252 g/mol. The standard InChI is InChI=1S/C13H16O6/c1-3-11(14)17-8-4-5-9-18-12-7-6-10(19-12)13(15)16-2/h3,6-7H,1,4-5,8-9H2,2H3. The third-order valence-corrected chi connectivity index (χ3v) is 2.16. The van der Waals surface area contributed by atoms with E-state index < -0.39 is 11.9 Å². The Morgan fingerprint density at radius 2 is 2.05 bits per heavy atom. The van der Waals surface area contributed by atoms with Crippen molar-refractivity contribution in [1.82, 2.24) is 0 Å². The second-order valence-corrected chi connectivity index (χ2v) is 3.54. The van der Waals surface area contributed by atoms with E-state index in [0.29, 0.717) is 26.1 Å². The summed E-state index contributed by atoms with van der Waals surface area (Å²) in [4.78, 5) is 21.8. The Kier molecular flexibility index (Phi) is 6.21. The maximum Gasteiger partial charge on any atom is 0.374 e. The zero-order valence-electron chi connectivity index (χ0n) is 10.7. The molecule has 0 aromatic carbocycles. The number of hydrogen-bond donors (Lipinski definition) is 0. The highest BCUT2D eigenvalue weighted by Crippen LogP contribution is 2.16. The lowest BCUT2D eigenvalue weighted by molar-refractivity contribution is -0.137. The Labute approximate surface area is 110 Å². The molecule has 0 atom stereocenters. The number of carbonyl (C=O) groups excluding carboxylic acids is 2. The maximum atomic E-state index is 11.1. The van der Waals surface area contributed by atoms with Crippen molar-refractivity contribution in [2.24, 2.45) is 0 Å². The largest absolute Gasteiger partial charge is 0.465 e. The molecule has 1 aromatic rings. The van der Waals surface area contributed by atoms with Crippen molar-refractivity contribution in [3.05, 3.63) is 30.5 Å². The van der Waals surface area contributed by atoms with Crippen LogP contribution in [0.4, 0.5) is 0 Å². The topological polar surface area (TPSA) is 75.0 Å². The van der Waals surface area contributed by atoms with E-state index in [-0.39, 0.29) is 11.7 Å². The molecule has 0 amide bonds. The van der Waals surface area contributed by atoms with Crippen LogP contribution in [0.1, 0.15) is 23.4 Å². The molecule has 0 N–H and O–H groups in total. The zero-order chi connectivity index (χ0) is 14.1. The minimum atomic E-state index is -0.550. The number of carbonyl (C=O) groups is 2. The first-order valence-corrected chi connectivity index (χ1v) is 5.77. The molecule has 0 saturated carbocycles. The Balaban J connectivity index is 2.16. The molecule has 0 bridgehead atoms. The average molecular weight is 268 g/mol. The molecule has 1 heterocycles. The predicted molar refractivity (Wildman–Crippen MR) is 65.9 cm³/mol. The van der Waals surface area contributed by atoms with E-state index in [1.807, 2.05) is 0 Å². The van der Waals surface area contributed by atoms with E-state index in [2.05, 4.69) is 11.3 Å². The summed E-state index contributed by atoms with van der Waals surface area (Å²) in [6.45, 7) is 4.01. The van der Waals surface area contributed by atoms with Crippen LogP contribution in [-0.2, 0) is 14.3 Å². The Bertz CT molecular complexity index is 434. The van der Waals surface area contributed by atoms with Gasteiger partial charge in [-0.2, -0.15) is 0 Å². The zero-order valence-corrected chi connectivity index (χ0v) is 10.7. The molecule has 0 saturated heterocycles. The summed E-state index contributed by atoms with van der Waals surface area (Å²) >= 11 is 0. The van der Waals surface area contributed by atoms with Gasteiger partial charge in [-0.1, -0.05) is 6.58 Å².